The molecule has 2 heterocycles. The number of hydrogen-bond acceptors (Lipinski definition) is 2. The van der Waals surface area contributed by atoms with Crippen LogP contribution in [0.5, 0.6) is 0 Å². The summed E-state index contributed by atoms with van der Waals surface area (Å²) < 4.78 is 2.30. The Labute approximate surface area is 193 Å². The normalized spacial score (nSPS) is 16.2. The number of para-hydroxylation sites is 3. The van der Waals surface area contributed by atoms with Crippen molar-refractivity contribution in [1.82, 2.24) is 9.55 Å². The summed E-state index contributed by atoms with van der Waals surface area (Å²) >= 11 is 0. The van der Waals surface area contributed by atoms with Gasteiger partial charge in [0, 0.05) is 31.1 Å². The molecule has 4 heteroatoms. The molecule has 0 spiro atoms. The van der Waals surface area contributed by atoms with Gasteiger partial charge in [0.15, 0.2) is 0 Å². The van der Waals surface area contributed by atoms with Crippen molar-refractivity contribution in [2.75, 3.05) is 11.4 Å². The van der Waals surface area contributed by atoms with Gasteiger partial charge >= 0.3 is 0 Å². The van der Waals surface area contributed by atoms with Gasteiger partial charge in [0.25, 0.3) is 0 Å². The summed E-state index contributed by atoms with van der Waals surface area (Å²) in [5.41, 5.74) is 5.45. The molecule has 5 aromatic rings. The minimum atomic E-state index is 0.0602. The smallest absolute Gasteiger partial charge is 0.227 e. The molecule has 162 valence electrons. The topological polar surface area (TPSA) is 38.1 Å². The summed E-state index contributed by atoms with van der Waals surface area (Å²) in [6, 6.07) is 31.5. The Morgan fingerprint density at radius 3 is 2.52 bits per heavy atom. The minimum Gasteiger partial charge on any atom is -0.323 e. The monoisotopic (exact) mass is 431 g/mol. The van der Waals surface area contributed by atoms with Gasteiger partial charge in [-0.15, -0.1) is 0 Å². The number of imidazole rings is 1. The minimum absolute atomic E-state index is 0.0602. The first-order chi connectivity index (χ1) is 16.2. The number of rotatable bonds is 4. The molecule has 1 saturated heterocycles. The van der Waals surface area contributed by atoms with Crippen LogP contribution in [0.25, 0.3) is 21.8 Å². The highest BCUT2D eigenvalue weighted by molar-refractivity contribution is 5.97. The van der Waals surface area contributed by atoms with Crippen LogP contribution in [0.2, 0.25) is 0 Å². The molecule has 4 aromatic carbocycles. The van der Waals surface area contributed by atoms with Gasteiger partial charge in [0.05, 0.1) is 11.0 Å². The predicted octanol–water partition coefficient (Wildman–Crippen LogP) is 6.07. The van der Waals surface area contributed by atoms with Crippen LogP contribution in [0, 0.1) is 6.92 Å². The maximum atomic E-state index is 13.0. The highest BCUT2D eigenvalue weighted by atomic mass is 16.2. The van der Waals surface area contributed by atoms with Crippen molar-refractivity contribution >= 4 is 33.4 Å². The Kier molecular flexibility index (Phi) is 4.72. The highest BCUT2D eigenvalue weighted by Crippen LogP contribution is 2.34. The zero-order chi connectivity index (χ0) is 22.4. The van der Waals surface area contributed by atoms with E-state index in [1.165, 1.54) is 16.3 Å². The third-order valence-corrected chi connectivity index (χ3v) is 6.74. The number of amides is 1. The number of carbonyl (C=O) groups excluding carboxylic acids is 1. The van der Waals surface area contributed by atoms with Gasteiger partial charge in [-0.3, -0.25) is 4.79 Å². The summed E-state index contributed by atoms with van der Waals surface area (Å²) in [7, 11) is 0. The van der Waals surface area contributed by atoms with Crippen LogP contribution in [0.3, 0.4) is 0 Å². The van der Waals surface area contributed by atoms with E-state index in [0.717, 1.165) is 34.7 Å². The quantitative estimate of drug-likeness (QED) is 0.347. The molecule has 1 fully saturated rings. The Hall–Kier alpha value is -3.92. The molecule has 1 aromatic heterocycles. The Morgan fingerprint density at radius 2 is 1.64 bits per heavy atom. The number of carbonyl (C=O) groups is 1. The van der Waals surface area contributed by atoms with Crippen LogP contribution in [0.4, 0.5) is 5.69 Å². The van der Waals surface area contributed by atoms with Gasteiger partial charge < -0.3 is 9.47 Å². The maximum absolute atomic E-state index is 13.0. The lowest BCUT2D eigenvalue weighted by molar-refractivity contribution is -0.117. The number of hydrogen-bond donors (Lipinski definition) is 0. The first-order valence-corrected chi connectivity index (χ1v) is 11.5. The van der Waals surface area contributed by atoms with E-state index in [1.54, 1.807) is 0 Å². The highest BCUT2D eigenvalue weighted by Gasteiger charge is 2.35. The molecule has 0 saturated carbocycles. The molecule has 1 aliphatic rings. The van der Waals surface area contributed by atoms with E-state index in [9.17, 15) is 4.79 Å². The van der Waals surface area contributed by atoms with Crippen LogP contribution in [-0.4, -0.2) is 22.0 Å². The lowest BCUT2D eigenvalue weighted by Crippen LogP contribution is -2.25. The number of benzene rings is 4. The molecule has 1 amide bonds. The Balaban J connectivity index is 1.40. The van der Waals surface area contributed by atoms with Crippen molar-refractivity contribution < 1.29 is 4.79 Å². The summed E-state index contributed by atoms with van der Waals surface area (Å²) in [5, 5.41) is 2.48. The van der Waals surface area contributed by atoms with E-state index in [1.807, 2.05) is 29.2 Å². The van der Waals surface area contributed by atoms with Gasteiger partial charge in [-0.2, -0.15) is 0 Å². The van der Waals surface area contributed by atoms with E-state index < -0.39 is 0 Å². The third kappa shape index (κ3) is 3.48. The zero-order valence-corrected chi connectivity index (χ0v) is 18.6. The van der Waals surface area contributed by atoms with E-state index >= 15 is 0 Å². The molecule has 1 unspecified atom stereocenters. The fraction of sp³-hybridized carbons (Fsp3) is 0.172. The average molecular weight is 432 g/mol. The largest absolute Gasteiger partial charge is 0.323 e. The zero-order valence-electron chi connectivity index (χ0n) is 18.6. The molecular formula is C29H25N3O. The molecule has 6 rings (SSSR count). The summed E-state index contributed by atoms with van der Waals surface area (Å²) in [4.78, 5) is 20.0. The molecule has 1 aliphatic heterocycles. The molecule has 0 radical (unpaired) electrons. The summed E-state index contributed by atoms with van der Waals surface area (Å²) in [6.45, 7) is 3.45. The Bertz CT molecular complexity index is 1500. The molecule has 33 heavy (non-hydrogen) atoms. The van der Waals surface area contributed by atoms with Gasteiger partial charge in [0.1, 0.15) is 5.82 Å². The average Bonchev–Trinajstić information content (AvgIpc) is 3.40. The summed E-state index contributed by atoms with van der Waals surface area (Å²) in [6.07, 6.45) is 0.482. The van der Waals surface area contributed by atoms with E-state index in [-0.39, 0.29) is 11.8 Å². The number of nitrogens with zero attached hydrogens (tertiary/aromatic N) is 3. The predicted molar refractivity (Wildman–Crippen MR) is 134 cm³/mol. The molecular weight excluding hydrogens is 406 g/mol. The van der Waals surface area contributed by atoms with Crippen molar-refractivity contribution in [3.8, 4) is 0 Å². The third-order valence-electron chi connectivity index (χ3n) is 6.74. The second-order valence-electron chi connectivity index (χ2n) is 8.92. The van der Waals surface area contributed by atoms with E-state index in [2.05, 4.69) is 78.2 Å². The van der Waals surface area contributed by atoms with Crippen LogP contribution in [0.15, 0.2) is 91.0 Å². The van der Waals surface area contributed by atoms with Gasteiger partial charge in [-0.25, -0.2) is 4.98 Å². The van der Waals surface area contributed by atoms with Gasteiger partial charge in [0.2, 0.25) is 5.91 Å². The van der Waals surface area contributed by atoms with Crippen molar-refractivity contribution in [3.05, 3.63) is 108 Å². The molecule has 1 atom stereocenters. The number of aryl methyl sites for hydroxylation is 1. The standard InChI is InChI=1S/C29H25N3O/c1-20-8-2-6-12-26(20)31-19-24(17-28(31)33)29-30-25-11-5-7-13-27(25)32(29)18-21-14-15-22-9-3-4-10-23(22)16-21/h2-16,24H,17-19H2,1H3. The van der Waals surface area contributed by atoms with Crippen LogP contribution in [-0.2, 0) is 11.3 Å². The second kappa shape index (κ2) is 7.89. The molecule has 0 bridgehead atoms. The fourth-order valence-corrected chi connectivity index (χ4v) is 5.07. The number of aromatic nitrogens is 2. The van der Waals surface area contributed by atoms with Crippen molar-refractivity contribution in [1.29, 1.82) is 0 Å². The lowest BCUT2D eigenvalue weighted by atomic mass is 10.1. The SMILES string of the molecule is Cc1ccccc1N1CC(c2nc3ccccc3n2Cc2ccc3ccccc3c2)CC1=O. The van der Waals surface area contributed by atoms with Crippen LogP contribution in [0.1, 0.15) is 29.3 Å². The van der Waals surface area contributed by atoms with Gasteiger partial charge in [-0.05, 0) is 53.1 Å². The van der Waals surface area contributed by atoms with Gasteiger partial charge in [-0.1, -0.05) is 66.7 Å². The Morgan fingerprint density at radius 1 is 0.879 bits per heavy atom. The first kappa shape index (κ1) is 19.7. The van der Waals surface area contributed by atoms with Crippen molar-refractivity contribution in [2.24, 2.45) is 0 Å². The fourth-order valence-electron chi connectivity index (χ4n) is 5.07. The first-order valence-electron chi connectivity index (χ1n) is 11.5. The lowest BCUT2D eigenvalue weighted by Gasteiger charge is -2.19. The van der Waals surface area contributed by atoms with Crippen molar-refractivity contribution in [2.45, 2.75) is 25.8 Å². The summed E-state index contributed by atoms with van der Waals surface area (Å²) in [5.74, 6) is 1.22. The van der Waals surface area contributed by atoms with Crippen LogP contribution >= 0.6 is 0 Å². The van der Waals surface area contributed by atoms with E-state index in [4.69, 9.17) is 4.98 Å². The van der Waals surface area contributed by atoms with Crippen molar-refractivity contribution in [3.63, 3.8) is 0 Å². The van der Waals surface area contributed by atoms with Crippen LogP contribution < -0.4 is 4.90 Å². The second-order valence-corrected chi connectivity index (χ2v) is 8.92. The molecule has 4 nitrogen and oxygen atoms in total. The maximum Gasteiger partial charge on any atom is 0.227 e. The number of anilines is 1. The van der Waals surface area contributed by atoms with E-state index in [0.29, 0.717) is 13.0 Å². The molecule has 0 N–H and O–H groups in total. The molecule has 0 aliphatic carbocycles. The number of fused-ring (bicyclic) bond motifs is 2.